The molecular weight excluding hydrogens is 312 g/mol. The van der Waals surface area contributed by atoms with E-state index >= 15 is 0 Å². The molecule has 4 heteroatoms. The summed E-state index contributed by atoms with van der Waals surface area (Å²) in [5.41, 5.74) is 3.53. The number of benzene rings is 2. The van der Waals surface area contributed by atoms with Crippen molar-refractivity contribution in [1.82, 2.24) is 0 Å². The first-order valence-corrected chi connectivity index (χ1v) is 8.69. The molecule has 0 radical (unpaired) electrons. The summed E-state index contributed by atoms with van der Waals surface area (Å²) in [6.07, 6.45) is 1.11. The summed E-state index contributed by atoms with van der Waals surface area (Å²) in [6, 6.07) is 14.7. The molecule has 0 fully saturated rings. The van der Waals surface area contributed by atoms with E-state index in [0.29, 0.717) is 17.2 Å². The molecule has 0 aromatic heterocycles. The highest BCUT2D eigenvalue weighted by atomic mass is 16.2. The summed E-state index contributed by atoms with van der Waals surface area (Å²) in [4.78, 5) is 23.6. The fourth-order valence-corrected chi connectivity index (χ4v) is 2.50. The van der Waals surface area contributed by atoms with Gasteiger partial charge in [0.25, 0.3) is 0 Å². The van der Waals surface area contributed by atoms with Crippen LogP contribution in [0.5, 0.6) is 0 Å². The maximum Gasteiger partial charge on any atom is 0.246 e. The number of rotatable bonds is 7. The molecule has 2 N–H and O–H groups in total. The van der Waals surface area contributed by atoms with Crippen LogP contribution >= 0.6 is 0 Å². The molecular formula is C21H26N2O2. The lowest BCUT2D eigenvalue weighted by molar-refractivity contribution is -0.116. The molecule has 0 saturated carbocycles. The minimum Gasteiger partial charge on any atom is -0.374 e. The third-order valence-corrected chi connectivity index (χ3v) is 4.43. The summed E-state index contributed by atoms with van der Waals surface area (Å²) in [7, 11) is 0. The van der Waals surface area contributed by atoms with Gasteiger partial charge in [0.05, 0.1) is 0 Å². The molecule has 0 aliphatic rings. The SMILES string of the molecule is CC[C@H](C)c1ccc(N[C@@H](C)C(=O)Nc2ccc(C(C)=O)cc2)cc1. The predicted molar refractivity (Wildman–Crippen MR) is 103 cm³/mol. The third-order valence-electron chi connectivity index (χ3n) is 4.43. The standard InChI is InChI=1S/C21H26N2O2/c1-5-14(2)17-6-10-19(11-7-17)22-15(3)21(25)23-20-12-8-18(9-13-20)16(4)24/h6-15,22H,5H2,1-4H3,(H,23,25)/t14-,15-/m0/s1. The van der Waals surface area contributed by atoms with Gasteiger partial charge in [0.2, 0.25) is 5.91 Å². The van der Waals surface area contributed by atoms with Gasteiger partial charge in [-0.25, -0.2) is 0 Å². The van der Waals surface area contributed by atoms with Crippen LogP contribution in [-0.2, 0) is 4.79 Å². The van der Waals surface area contributed by atoms with Crippen molar-refractivity contribution in [3.05, 3.63) is 59.7 Å². The third kappa shape index (κ3) is 5.18. The Bertz CT molecular complexity index is 721. The number of anilines is 2. The maximum atomic E-state index is 12.3. The lowest BCUT2D eigenvalue weighted by atomic mass is 9.98. The van der Waals surface area contributed by atoms with Crippen LogP contribution in [0.25, 0.3) is 0 Å². The number of nitrogens with one attached hydrogen (secondary N) is 2. The van der Waals surface area contributed by atoms with Crippen LogP contribution in [0, 0.1) is 0 Å². The number of Topliss-reactive ketones (excluding diaryl/α,β-unsaturated/α-hetero) is 1. The van der Waals surface area contributed by atoms with Crippen molar-refractivity contribution in [1.29, 1.82) is 0 Å². The van der Waals surface area contributed by atoms with Crippen LogP contribution in [0.3, 0.4) is 0 Å². The molecule has 0 bridgehead atoms. The summed E-state index contributed by atoms with van der Waals surface area (Å²) in [5.74, 6) is 0.420. The predicted octanol–water partition coefficient (Wildman–Crippen LogP) is 4.84. The van der Waals surface area contributed by atoms with Crippen molar-refractivity contribution < 1.29 is 9.59 Å². The first kappa shape index (κ1) is 18.7. The normalized spacial score (nSPS) is 13.0. The van der Waals surface area contributed by atoms with Crippen molar-refractivity contribution in [2.45, 2.75) is 46.1 Å². The Hall–Kier alpha value is -2.62. The van der Waals surface area contributed by atoms with Gasteiger partial charge in [-0.1, -0.05) is 26.0 Å². The Morgan fingerprint density at radius 2 is 1.48 bits per heavy atom. The fraction of sp³-hybridized carbons (Fsp3) is 0.333. The van der Waals surface area contributed by atoms with Crippen LogP contribution in [-0.4, -0.2) is 17.7 Å². The van der Waals surface area contributed by atoms with E-state index in [2.05, 4.69) is 36.6 Å². The van der Waals surface area contributed by atoms with E-state index < -0.39 is 0 Å². The molecule has 0 saturated heterocycles. The average Bonchev–Trinajstić information content (AvgIpc) is 2.62. The van der Waals surface area contributed by atoms with Gasteiger partial charge in [-0.3, -0.25) is 9.59 Å². The van der Waals surface area contributed by atoms with Gasteiger partial charge in [-0.05, 0) is 68.1 Å². The van der Waals surface area contributed by atoms with Gasteiger partial charge in [0, 0.05) is 16.9 Å². The molecule has 0 heterocycles. The number of hydrogen-bond donors (Lipinski definition) is 2. The van der Waals surface area contributed by atoms with E-state index in [1.807, 2.05) is 19.1 Å². The van der Waals surface area contributed by atoms with Gasteiger partial charge in [0.15, 0.2) is 5.78 Å². The Balaban J connectivity index is 1.94. The molecule has 0 aliphatic carbocycles. The Kier molecular flexibility index (Phi) is 6.34. The Labute approximate surface area is 149 Å². The topological polar surface area (TPSA) is 58.2 Å². The molecule has 2 aromatic carbocycles. The van der Waals surface area contributed by atoms with Gasteiger partial charge in [-0.15, -0.1) is 0 Å². The van der Waals surface area contributed by atoms with E-state index in [-0.39, 0.29) is 17.7 Å². The van der Waals surface area contributed by atoms with Crippen molar-refractivity contribution >= 4 is 23.1 Å². The second kappa shape index (κ2) is 8.47. The zero-order valence-electron chi connectivity index (χ0n) is 15.3. The quantitative estimate of drug-likeness (QED) is 0.710. The van der Waals surface area contributed by atoms with Crippen molar-refractivity contribution in [3.8, 4) is 0 Å². The highest BCUT2D eigenvalue weighted by Crippen LogP contribution is 2.21. The van der Waals surface area contributed by atoms with E-state index in [4.69, 9.17) is 0 Å². The van der Waals surface area contributed by atoms with E-state index in [1.54, 1.807) is 24.3 Å². The van der Waals surface area contributed by atoms with Crippen LogP contribution in [0.4, 0.5) is 11.4 Å². The molecule has 0 unspecified atom stereocenters. The number of amides is 1. The fourth-order valence-electron chi connectivity index (χ4n) is 2.50. The van der Waals surface area contributed by atoms with Crippen molar-refractivity contribution in [2.75, 3.05) is 10.6 Å². The average molecular weight is 338 g/mol. The van der Waals surface area contributed by atoms with Crippen molar-refractivity contribution in [2.24, 2.45) is 0 Å². The number of carbonyl (C=O) groups is 2. The molecule has 1 amide bonds. The zero-order chi connectivity index (χ0) is 18.4. The number of carbonyl (C=O) groups excluding carboxylic acids is 2. The van der Waals surface area contributed by atoms with E-state index in [9.17, 15) is 9.59 Å². The Morgan fingerprint density at radius 3 is 2.00 bits per heavy atom. The smallest absolute Gasteiger partial charge is 0.246 e. The lowest BCUT2D eigenvalue weighted by Gasteiger charge is -2.16. The monoisotopic (exact) mass is 338 g/mol. The largest absolute Gasteiger partial charge is 0.374 e. The molecule has 2 rings (SSSR count). The summed E-state index contributed by atoms with van der Waals surface area (Å²) in [5, 5.41) is 6.06. The highest BCUT2D eigenvalue weighted by molar-refractivity contribution is 5.97. The number of hydrogen-bond acceptors (Lipinski definition) is 3. The maximum absolute atomic E-state index is 12.3. The van der Waals surface area contributed by atoms with Gasteiger partial charge < -0.3 is 10.6 Å². The minimum absolute atomic E-state index is 0.00810. The Morgan fingerprint density at radius 1 is 0.920 bits per heavy atom. The van der Waals surface area contributed by atoms with Gasteiger partial charge in [-0.2, -0.15) is 0 Å². The zero-order valence-corrected chi connectivity index (χ0v) is 15.3. The number of ketones is 1. The summed E-state index contributed by atoms with van der Waals surface area (Å²) < 4.78 is 0. The van der Waals surface area contributed by atoms with Crippen LogP contribution in [0.15, 0.2) is 48.5 Å². The second-order valence-electron chi connectivity index (χ2n) is 6.42. The minimum atomic E-state index is -0.373. The van der Waals surface area contributed by atoms with Crippen LogP contribution in [0.1, 0.15) is 56.0 Å². The molecule has 2 aromatic rings. The first-order valence-electron chi connectivity index (χ1n) is 8.69. The molecule has 4 nitrogen and oxygen atoms in total. The van der Waals surface area contributed by atoms with Crippen molar-refractivity contribution in [3.63, 3.8) is 0 Å². The summed E-state index contributed by atoms with van der Waals surface area (Å²) in [6.45, 7) is 7.72. The molecule has 0 spiro atoms. The van der Waals surface area contributed by atoms with Crippen LogP contribution < -0.4 is 10.6 Å². The molecule has 25 heavy (non-hydrogen) atoms. The lowest BCUT2D eigenvalue weighted by Crippen LogP contribution is -2.31. The molecule has 132 valence electrons. The highest BCUT2D eigenvalue weighted by Gasteiger charge is 2.13. The van der Waals surface area contributed by atoms with Gasteiger partial charge in [0.1, 0.15) is 6.04 Å². The second-order valence-corrected chi connectivity index (χ2v) is 6.42. The molecule has 0 aliphatic heterocycles. The molecule has 2 atom stereocenters. The summed E-state index contributed by atoms with van der Waals surface area (Å²) >= 11 is 0. The van der Waals surface area contributed by atoms with E-state index in [1.165, 1.54) is 12.5 Å². The first-order chi connectivity index (χ1) is 11.9. The van der Waals surface area contributed by atoms with Crippen LogP contribution in [0.2, 0.25) is 0 Å². The van der Waals surface area contributed by atoms with E-state index in [0.717, 1.165) is 12.1 Å². The van der Waals surface area contributed by atoms with Gasteiger partial charge >= 0.3 is 0 Å².